The van der Waals surface area contributed by atoms with Crippen molar-refractivity contribution in [3.63, 3.8) is 0 Å². The molecule has 0 radical (unpaired) electrons. The van der Waals surface area contributed by atoms with Gasteiger partial charge in [0.15, 0.2) is 0 Å². The Morgan fingerprint density at radius 2 is 1.25 bits per heavy atom. The lowest BCUT2D eigenvalue weighted by molar-refractivity contribution is 0.592. The Kier molecular flexibility index (Phi) is 1.76. The molecular formula is C12H14. The third kappa shape index (κ3) is 1.08. The number of hydrogen-bond donors (Lipinski definition) is 0. The van der Waals surface area contributed by atoms with Gasteiger partial charge in [-0.2, -0.15) is 0 Å². The summed E-state index contributed by atoms with van der Waals surface area (Å²) in [4.78, 5) is 0. The van der Waals surface area contributed by atoms with E-state index in [-0.39, 0.29) is 0 Å². The van der Waals surface area contributed by atoms with E-state index in [2.05, 4.69) is 50.3 Å². The van der Waals surface area contributed by atoms with E-state index in [0.717, 1.165) is 0 Å². The highest BCUT2D eigenvalue weighted by Crippen LogP contribution is 2.34. The van der Waals surface area contributed by atoms with E-state index in [1.54, 1.807) is 0 Å². The van der Waals surface area contributed by atoms with Crippen LogP contribution in [-0.4, -0.2) is 0 Å². The zero-order chi connectivity index (χ0) is 8.55. The molecule has 0 N–H and O–H groups in total. The van der Waals surface area contributed by atoms with Gasteiger partial charge in [-0.1, -0.05) is 47.6 Å². The number of fused-ring (bicyclic) bond motifs is 1. The molecule has 0 amide bonds. The van der Waals surface area contributed by atoms with Gasteiger partial charge < -0.3 is 0 Å². The molecule has 0 aromatic rings. The maximum Gasteiger partial charge on any atom is 0.00806 e. The van der Waals surface area contributed by atoms with Gasteiger partial charge in [0.2, 0.25) is 0 Å². The average Bonchev–Trinajstić information content (AvgIpc) is 2.07. The Bertz CT molecular complexity index is 268. The molecule has 0 bridgehead atoms. The first-order valence-electron chi connectivity index (χ1n) is 4.49. The number of hydrogen-bond acceptors (Lipinski definition) is 0. The van der Waals surface area contributed by atoms with Crippen LogP contribution in [0.1, 0.15) is 13.8 Å². The van der Waals surface area contributed by atoms with E-state index < -0.39 is 0 Å². The van der Waals surface area contributed by atoms with Gasteiger partial charge in [0.05, 0.1) is 0 Å². The Labute approximate surface area is 74.0 Å². The van der Waals surface area contributed by atoms with E-state index in [1.165, 1.54) is 11.1 Å². The molecule has 0 fully saturated rings. The molecule has 0 aliphatic heterocycles. The molecule has 0 aromatic carbocycles. The van der Waals surface area contributed by atoms with Crippen molar-refractivity contribution in [2.24, 2.45) is 11.8 Å². The van der Waals surface area contributed by atoms with Crippen LogP contribution in [0.2, 0.25) is 0 Å². The first kappa shape index (κ1) is 7.60. The third-order valence-corrected chi connectivity index (χ3v) is 2.79. The van der Waals surface area contributed by atoms with Crippen molar-refractivity contribution in [2.45, 2.75) is 13.8 Å². The molecule has 0 saturated heterocycles. The fraction of sp³-hybridized carbons (Fsp3) is 0.333. The zero-order valence-electron chi connectivity index (χ0n) is 7.62. The van der Waals surface area contributed by atoms with Crippen LogP contribution in [0, 0.1) is 11.8 Å². The molecule has 62 valence electrons. The first-order chi connectivity index (χ1) is 5.79. The Hall–Kier alpha value is -1.04. The van der Waals surface area contributed by atoms with E-state index in [1.807, 2.05) is 0 Å². The van der Waals surface area contributed by atoms with Crippen LogP contribution in [0.3, 0.4) is 0 Å². The smallest absolute Gasteiger partial charge is 0.00806 e. The predicted molar refractivity (Wildman–Crippen MR) is 52.8 cm³/mol. The highest BCUT2D eigenvalue weighted by Gasteiger charge is 2.23. The van der Waals surface area contributed by atoms with Crippen LogP contribution in [-0.2, 0) is 0 Å². The largest absolute Gasteiger partial charge is 0.0764 e. The van der Waals surface area contributed by atoms with E-state index in [0.29, 0.717) is 11.8 Å². The molecule has 0 heteroatoms. The second kappa shape index (κ2) is 2.78. The second-order valence-corrected chi connectivity index (χ2v) is 3.64. The van der Waals surface area contributed by atoms with Crippen molar-refractivity contribution < 1.29 is 0 Å². The molecule has 2 aliphatic rings. The molecule has 0 heterocycles. The SMILES string of the molecule is CC1=CC=CC2C(C)=CC=CC12. The lowest BCUT2D eigenvalue weighted by Gasteiger charge is -2.28. The molecule has 0 spiro atoms. The van der Waals surface area contributed by atoms with Gasteiger partial charge >= 0.3 is 0 Å². The summed E-state index contributed by atoms with van der Waals surface area (Å²) in [5, 5.41) is 0. The van der Waals surface area contributed by atoms with Crippen molar-refractivity contribution in [3.05, 3.63) is 47.6 Å². The van der Waals surface area contributed by atoms with Crippen molar-refractivity contribution in [1.29, 1.82) is 0 Å². The summed E-state index contributed by atoms with van der Waals surface area (Å²) in [6.45, 7) is 4.42. The van der Waals surface area contributed by atoms with E-state index >= 15 is 0 Å². The predicted octanol–water partition coefficient (Wildman–Crippen LogP) is 3.25. The van der Waals surface area contributed by atoms with E-state index in [4.69, 9.17) is 0 Å². The number of allylic oxidation sites excluding steroid dienone is 8. The van der Waals surface area contributed by atoms with Gasteiger partial charge in [0.1, 0.15) is 0 Å². The minimum Gasteiger partial charge on any atom is -0.0764 e. The number of rotatable bonds is 0. The minimum absolute atomic E-state index is 0.625. The van der Waals surface area contributed by atoms with Crippen molar-refractivity contribution in [2.75, 3.05) is 0 Å². The Morgan fingerprint density at radius 3 is 1.67 bits per heavy atom. The Morgan fingerprint density at radius 1 is 0.833 bits per heavy atom. The first-order valence-corrected chi connectivity index (χ1v) is 4.49. The summed E-state index contributed by atoms with van der Waals surface area (Å²) in [6.07, 6.45) is 13.4. The zero-order valence-corrected chi connectivity index (χ0v) is 7.62. The summed E-state index contributed by atoms with van der Waals surface area (Å²) in [7, 11) is 0. The maximum absolute atomic E-state index is 2.30. The average molecular weight is 158 g/mol. The Balaban J connectivity index is 2.37. The van der Waals surface area contributed by atoms with Crippen LogP contribution < -0.4 is 0 Å². The summed E-state index contributed by atoms with van der Waals surface area (Å²) in [5.41, 5.74) is 2.96. The minimum atomic E-state index is 0.625. The molecule has 2 atom stereocenters. The van der Waals surface area contributed by atoms with Crippen LogP contribution in [0.5, 0.6) is 0 Å². The lowest BCUT2D eigenvalue weighted by atomic mass is 9.76. The standard InChI is InChI=1S/C12H14/c1-9-5-3-8-12-10(2)6-4-7-11(9)12/h3-8,11-12H,1-2H3. The highest BCUT2D eigenvalue weighted by molar-refractivity contribution is 5.36. The van der Waals surface area contributed by atoms with Gasteiger partial charge in [-0.05, 0) is 13.8 Å². The van der Waals surface area contributed by atoms with Gasteiger partial charge in [0, 0.05) is 11.8 Å². The third-order valence-electron chi connectivity index (χ3n) is 2.79. The second-order valence-electron chi connectivity index (χ2n) is 3.64. The van der Waals surface area contributed by atoms with E-state index in [9.17, 15) is 0 Å². The van der Waals surface area contributed by atoms with Crippen molar-refractivity contribution in [1.82, 2.24) is 0 Å². The molecule has 2 unspecified atom stereocenters. The normalized spacial score (nSPS) is 32.5. The summed E-state index contributed by atoms with van der Waals surface area (Å²) in [5.74, 6) is 1.25. The molecule has 0 aromatic heterocycles. The fourth-order valence-corrected chi connectivity index (χ4v) is 1.99. The summed E-state index contributed by atoms with van der Waals surface area (Å²) in [6, 6.07) is 0. The summed E-state index contributed by atoms with van der Waals surface area (Å²) >= 11 is 0. The lowest BCUT2D eigenvalue weighted by Crippen LogP contribution is -2.17. The summed E-state index contributed by atoms with van der Waals surface area (Å²) < 4.78 is 0. The van der Waals surface area contributed by atoms with Crippen LogP contribution in [0.15, 0.2) is 47.6 Å². The van der Waals surface area contributed by atoms with Gasteiger partial charge in [-0.15, -0.1) is 0 Å². The molecule has 2 rings (SSSR count). The monoisotopic (exact) mass is 158 g/mol. The fourth-order valence-electron chi connectivity index (χ4n) is 1.99. The van der Waals surface area contributed by atoms with Gasteiger partial charge in [0.25, 0.3) is 0 Å². The van der Waals surface area contributed by atoms with Crippen LogP contribution in [0.25, 0.3) is 0 Å². The van der Waals surface area contributed by atoms with Gasteiger partial charge in [-0.3, -0.25) is 0 Å². The molecule has 0 nitrogen and oxygen atoms in total. The maximum atomic E-state index is 2.30. The van der Waals surface area contributed by atoms with Gasteiger partial charge in [-0.25, -0.2) is 0 Å². The quantitative estimate of drug-likeness (QED) is 0.507. The van der Waals surface area contributed by atoms with Crippen LogP contribution in [0.4, 0.5) is 0 Å². The topological polar surface area (TPSA) is 0 Å². The molecular weight excluding hydrogens is 144 g/mol. The molecule has 2 aliphatic carbocycles. The van der Waals surface area contributed by atoms with Crippen molar-refractivity contribution in [3.8, 4) is 0 Å². The highest BCUT2D eigenvalue weighted by atomic mass is 14.3. The van der Waals surface area contributed by atoms with Crippen LogP contribution >= 0.6 is 0 Å². The molecule has 0 saturated carbocycles. The van der Waals surface area contributed by atoms with Crippen molar-refractivity contribution >= 4 is 0 Å². The molecule has 12 heavy (non-hydrogen) atoms.